The van der Waals surface area contributed by atoms with Crippen molar-refractivity contribution < 1.29 is 29.0 Å². The van der Waals surface area contributed by atoms with Crippen LogP contribution in [0.15, 0.2) is 6.07 Å². The summed E-state index contributed by atoms with van der Waals surface area (Å²) in [6.45, 7) is 3.68. The third-order valence-corrected chi connectivity index (χ3v) is 9.86. The van der Waals surface area contributed by atoms with Crippen LogP contribution < -0.4 is 10.6 Å². The average molecular weight is 555 g/mol. The quantitative estimate of drug-likeness (QED) is 0.457. The molecule has 4 aliphatic rings. The number of fused-ring (bicyclic) bond motifs is 3. The van der Waals surface area contributed by atoms with Crippen LogP contribution in [0.1, 0.15) is 54.1 Å². The summed E-state index contributed by atoms with van der Waals surface area (Å²) in [5.74, 6) is -5.15. The molecular weight excluding hydrogens is 512 g/mol. The first-order valence-electron chi connectivity index (χ1n) is 14.3. The summed E-state index contributed by atoms with van der Waals surface area (Å²) < 4.78 is 5.92. The second-order valence-electron chi connectivity index (χ2n) is 12.5. The topological polar surface area (TPSA) is 133 Å². The minimum absolute atomic E-state index is 0.104. The first-order chi connectivity index (χ1) is 18.9. The third-order valence-electron chi connectivity index (χ3n) is 9.86. The van der Waals surface area contributed by atoms with Gasteiger partial charge in [-0.25, -0.2) is 0 Å². The number of rotatable bonds is 8. The summed E-state index contributed by atoms with van der Waals surface area (Å²) in [7, 11) is 8.78. The van der Waals surface area contributed by atoms with Crippen molar-refractivity contribution in [3.63, 3.8) is 0 Å². The number of hydrogen-bond acceptors (Lipinski definition) is 9. The van der Waals surface area contributed by atoms with Gasteiger partial charge in [0.1, 0.15) is 17.3 Å². The molecule has 0 spiro atoms. The Kier molecular flexibility index (Phi) is 7.34. The predicted octanol–water partition coefficient (Wildman–Crippen LogP) is 1.39. The molecule has 6 atom stereocenters. The summed E-state index contributed by atoms with van der Waals surface area (Å²) in [4.78, 5) is 60.4. The zero-order chi connectivity index (χ0) is 29.3. The Bertz CT molecular complexity index is 1260. The van der Waals surface area contributed by atoms with Crippen LogP contribution in [0.2, 0.25) is 0 Å². The molecular formula is C30H42N4O6. The number of aromatic hydroxyl groups is 1. The molecule has 0 radical (unpaired) electrons. The number of phenolic OH excluding ortho intramolecular Hbond substituents is 1. The van der Waals surface area contributed by atoms with E-state index in [1.807, 2.05) is 19.0 Å². The van der Waals surface area contributed by atoms with E-state index in [1.165, 1.54) is 7.11 Å². The molecule has 10 heteroatoms. The molecule has 0 aliphatic heterocycles. The predicted molar refractivity (Wildman–Crippen MR) is 149 cm³/mol. The molecule has 6 unspecified atom stereocenters. The Morgan fingerprint density at radius 2 is 1.85 bits per heavy atom. The molecule has 3 fully saturated rings. The van der Waals surface area contributed by atoms with Crippen LogP contribution >= 0.6 is 0 Å². The minimum atomic E-state index is -1.50. The van der Waals surface area contributed by atoms with Gasteiger partial charge in [-0.2, -0.15) is 0 Å². The Morgan fingerprint density at radius 3 is 2.38 bits per heavy atom. The zero-order valence-corrected chi connectivity index (χ0v) is 24.4. The summed E-state index contributed by atoms with van der Waals surface area (Å²) in [5, 5.41) is 11.2. The van der Waals surface area contributed by atoms with Crippen molar-refractivity contribution >= 4 is 28.9 Å². The lowest BCUT2D eigenvalue weighted by atomic mass is 9.52. The van der Waals surface area contributed by atoms with Crippen LogP contribution in [-0.4, -0.2) is 97.7 Å². The largest absolute Gasteiger partial charge is 0.507 e. The number of amides is 1. The maximum absolute atomic E-state index is 14.3. The van der Waals surface area contributed by atoms with Crippen molar-refractivity contribution in [2.45, 2.75) is 63.3 Å². The number of ether oxygens (including phenoxy) is 1. The maximum atomic E-state index is 14.3. The van der Waals surface area contributed by atoms with Gasteiger partial charge in [-0.05, 0) is 69.4 Å². The summed E-state index contributed by atoms with van der Waals surface area (Å²) >= 11 is 0. The van der Waals surface area contributed by atoms with E-state index in [2.05, 4.69) is 11.8 Å². The number of nitrogens with zero attached hydrogens (tertiary/aromatic N) is 3. The van der Waals surface area contributed by atoms with Crippen molar-refractivity contribution in [2.24, 2.45) is 29.4 Å². The average Bonchev–Trinajstić information content (AvgIpc) is 3.71. The third kappa shape index (κ3) is 4.26. The highest BCUT2D eigenvalue weighted by Gasteiger charge is 2.65. The van der Waals surface area contributed by atoms with E-state index in [0.29, 0.717) is 25.4 Å². The van der Waals surface area contributed by atoms with E-state index in [1.54, 1.807) is 25.1 Å². The van der Waals surface area contributed by atoms with Gasteiger partial charge < -0.3 is 20.5 Å². The molecule has 3 N–H and O–H groups in total. The Labute approximate surface area is 235 Å². The molecule has 3 saturated carbocycles. The van der Waals surface area contributed by atoms with Gasteiger partial charge in [-0.1, -0.05) is 6.92 Å². The molecule has 0 saturated heterocycles. The smallest absolute Gasteiger partial charge is 0.228 e. The van der Waals surface area contributed by atoms with Crippen molar-refractivity contribution in [1.29, 1.82) is 0 Å². The van der Waals surface area contributed by atoms with Crippen LogP contribution in [0, 0.1) is 23.7 Å². The number of phenols is 1. The summed E-state index contributed by atoms with van der Waals surface area (Å²) in [6.07, 6.45) is 2.98. The fourth-order valence-electron chi connectivity index (χ4n) is 7.98. The molecule has 10 nitrogen and oxygen atoms in total. The van der Waals surface area contributed by atoms with Gasteiger partial charge in [0.15, 0.2) is 17.3 Å². The molecule has 1 aromatic carbocycles. The number of anilines is 1. The SMILES string of the molecule is CCN(Cc1cc(O)c2c(c1N(C)C)CC1CC3C(N(C)C)C(=O)C(C(N)=O)CC3(OC)C(=O)C1C2=O)C1CC1. The first-order valence-corrected chi connectivity index (χ1v) is 14.3. The van der Waals surface area contributed by atoms with Gasteiger partial charge in [-0.3, -0.25) is 29.0 Å². The number of carbonyl (C=O) groups excluding carboxylic acids is 4. The Balaban J connectivity index is 1.61. The first kappa shape index (κ1) is 28.7. The summed E-state index contributed by atoms with van der Waals surface area (Å²) in [6, 6.07) is 1.47. The van der Waals surface area contributed by atoms with Crippen molar-refractivity contribution in [3.05, 3.63) is 22.8 Å². The summed E-state index contributed by atoms with van der Waals surface area (Å²) in [5.41, 5.74) is 6.94. The number of likely N-dealkylation sites (N-methyl/N-ethyl adjacent to an activating group) is 1. The molecule has 218 valence electrons. The van der Waals surface area contributed by atoms with Crippen molar-refractivity contribution in [2.75, 3.05) is 46.7 Å². The van der Waals surface area contributed by atoms with E-state index >= 15 is 0 Å². The van der Waals surface area contributed by atoms with E-state index in [9.17, 15) is 24.3 Å². The lowest BCUT2D eigenvalue weighted by Gasteiger charge is -2.55. The van der Waals surface area contributed by atoms with Gasteiger partial charge in [0, 0.05) is 51.8 Å². The normalized spacial score (nSPS) is 31.7. The van der Waals surface area contributed by atoms with Crippen LogP contribution in [0.3, 0.4) is 0 Å². The van der Waals surface area contributed by atoms with Gasteiger partial charge in [0.05, 0.1) is 17.5 Å². The van der Waals surface area contributed by atoms with E-state index < -0.39 is 46.9 Å². The zero-order valence-electron chi connectivity index (χ0n) is 24.4. The molecule has 1 aromatic rings. The molecule has 4 aliphatic carbocycles. The van der Waals surface area contributed by atoms with Gasteiger partial charge in [-0.15, -0.1) is 0 Å². The van der Waals surface area contributed by atoms with Gasteiger partial charge in [0.2, 0.25) is 5.91 Å². The fraction of sp³-hybridized carbons (Fsp3) is 0.667. The number of carbonyl (C=O) groups is 4. The van der Waals surface area contributed by atoms with E-state index in [-0.39, 0.29) is 29.4 Å². The molecule has 0 bridgehead atoms. The second kappa shape index (κ2) is 10.2. The number of Topliss-reactive ketones (excluding diaryl/α,β-unsaturated/α-hetero) is 3. The van der Waals surface area contributed by atoms with Crippen molar-refractivity contribution in [1.82, 2.24) is 9.80 Å². The van der Waals surface area contributed by atoms with Crippen LogP contribution in [-0.2, 0) is 32.1 Å². The number of methoxy groups -OCH3 is 1. The second-order valence-corrected chi connectivity index (χ2v) is 12.5. The highest BCUT2D eigenvalue weighted by atomic mass is 16.5. The monoisotopic (exact) mass is 554 g/mol. The molecule has 5 rings (SSSR count). The van der Waals surface area contributed by atoms with Crippen LogP contribution in [0.25, 0.3) is 0 Å². The fourth-order valence-corrected chi connectivity index (χ4v) is 7.98. The van der Waals surface area contributed by atoms with E-state index in [4.69, 9.17) is 10.5 Å². The van der Waals surface area contributed by atoms with Crippen molar-refractivity contribution in [3.8, 4) is 5.75 Å². The number of hydrogen-bond donors (Lipinski definition) is 2. The Morgan fingerprint density at radius 1 is 1.18 bits per heavy atom. The van der Waals surface area contributed by atoms with Crippen LogP contribution in [0.4, 0.5) is 5.69 Å². The lowest BCUT2D eigenvalue weighted by Crippen LogP contribution is -2.70. The van der Waals surface area contributed by atoms with Gasteiger partial charge >= 0.3 is 0 Å². The molecule has 0 aromatic heterocycles. The molecule has 1 amide bonds. The maximum Gasteiger partial charge on any atom is 0.228 e. The number of benzene rings is 1. The minimum Gasteiger partial charge on any atom is -0.507 e. The highest BCUT2D eigenvalue weighted by molar-refractivity contribution is 6.18. The number of primary amides is 1. The molecule has 40 heavy (non-hydrogen) atoms. The lowest BCUT2D eigenvalue weighted by molar-refractivity contribution is -0.182. The Hall–Kier alpha value is -2.82. The highest BCUT2D eigenvalue weighted by Crippen LogP contribution is 2.54. The number of ketones is 3. The standard InChI is InChI=1S/C30H42N4O6/c1-7-34(17-8-9-17)14-16-12-21(35)23-18(24(16)32(2)3)10-15-11-20-25(33(4)5)26(36)19(29(31)39)13-30(20,40-6)28(38)22(15)27(23)37/h12,15,17,19-20,22,25,35H,7-11,13-14H2,1-6H3,(H2,31,39). The van der Waals surface area contributed by atoms with E-state index in [0.717, 1.165) is 36.2 Å². The van der Waals surface area contributed by atoms with Gasteiger partial charge in [0.25, 0.3) is 0 Å². The van der Waals surface area contributed by atoms with Crippen LogP contribution in [0.5, 0.6) is 5.75 Å². The number of nitrogens with two attached hydrogens (primary N) is 1. The molecule has 0 heterocycles.